The summed E-state index contributed by atoms with van der Waals surface area (Å²) in [5.41, 5.74) is 12.3. The summed E-state index contributed by atoms with van der Waals surface area (Å²) in [5.74, 6) is -0.671. The quantitative estimate of drug-likeness (QED) is 0.00404. The molecule has 16 rings (SSSR count). The Labute approximate surface area is 825 Å². The number of likely N-dealkylation sites (tertiary alicyclic amines) is 1. The van der Waals surface area contributed by atoms with Gasteiger partial charge in [-0.15, -0.1) is 0 Å². The third-order valence-electron chi connectivity index (χ3n) is 20.5. The molecule has 0 spiro atoms. The molecule has 1 aliphatic heterocycles. The number of halogens is 11. The fraction of sp³-hybridized carbons (Fsp3) is 0.221. The number of ether oxygens (including phenoxy) is 6. The van der Waals surface area contributed by atoms with Crippen molar-refractivity contribution >= 4 is 206 Å². The zero-order valence-corrected chi connectivity index (χ0v) is 80.3. The van der Waals surface area contributed by atoms with E-state index in [1.807, 2.05) is 12.1 Å². The molecule has 0 bridgehead atoms. The van der Waals surface area contributed by atoms with Crippen LogP contribution in [0.15, 0.2) is 202 Å². The maximum Gasteiger partial charge on any atom is 0.338 e. The van der Waals surface area contributed by atoms with Gasteiger partial charge in [0, 0.05) is 127 Å². The minimum Gasteiger partial charge on any atom is -0.491 e. The number of nitrogens with zero attached hydrogens (tertiary/aromatic N) is 13. The number of nitrogens with two attached hydrogens (primary N) is 1. The number of nitro benzene ring substituents is 2. The number of nitrogens with one attached hydrogen (secondary N) is 5. The Morgan fingerprint density at radius 1 is 0.447 bits per heavy atom. The van der Waals surface area contributed by atoms with E-state index >= 15 is 0 Å². The number of likely N-dealkylation sites (N-methyl/N-ethyl adjacent to an activating group) is 1. The zero-order chi connectivity index (χ0) is 101. The van der Waals surface area contributed by atoms with Crippen molar-refractivity contribution < 1.29 is 87.8 Å². The van der Waals surface area contributed by atoms with Gasteiger partial charge in [-0.05, 0) is 167 Å². The molecule has 5 aromatic heterocycles. The molecule has 0 saturated carbocycles. The average molecular weight is 2060 g/mol. The molecule has 15 aromatic rings. The highest BCUT2D eigenvalue weighted by Gasteiger charge is 2.29. The van der Waals surface area contributed by atoms with Gasteiger partial charge in [0.1, 0.15) is 133 Å². The minimum atomic E-state index is -3.45. The lowest BCUT2D eigenvalue weighted by molar-refractivity contribution is -0.387. The Balaban J connectivity index is 0.000000159. The Morgan fingerprint density at radius 3 is 1.20 bits per heavy atom. The predicted octanol–water partition coefficient (Wildman–Crippen LogP) is 22.6. The number of allylic oxidation sites excluding steroid dienone is 1. The summed E-state index contributed by atoms with van der Waals surface area (Å²) in [6.45, 7) is 6.88. The smallest absolute Gasteiger partial charge is 0.338 e. The monoisotopic (exact) mass is 2050 g/mol. The number of nitro groups is 2. The molecule has 46 heteroatoms. The van der Waals surface area contributed by atoms with Crippen LogP contribution in [0.1, 0.15) is 37.8 Å². The molecule has 0 unspecified atom stereocenters. The second-order valence-corrected chi connectivity index (χ2v) is 34.4. The van der Waals surface area contributed by atoms with E-state index in [1.54, 1.807) is 88.7 Å². The molecule has 1 atom stereocenters. The molecule has 0 radical (unpaired) electrons. The van der Waals surface area contributed by atoms with E-state index < -0.39 is 58.0 Å². The van der Waals surface area contributed by atoms with Gasteiger partial charge >= 0.3 is 19.0 Å². The van der Waals surface area contributed by atoms with Crippen molar-refractivity contribution in [3.63, 3.8) is 0 Å². The maximum atomic E-state index is 13.6. The lowest BCUT2D eigenvalue weighted by Gasteiger charge is -2.16. The van der Waals surface area contributed by atoms with Crippen LogP contribution in [-0.4, -0.2) is 176 Å². The predicted molar refractivity (Wildman–Crippen MR) is 529 cm³/mol. The highest BCUT2D eigenvalue weighted by molar-refractivity contribution is 7.54. The first-order valence-electron chi connectivity index (χ1n) is 42.6. The number of carbonyl (C=O) groups is 2. The summed E-state index contributed by atoms with van der Waals surface area (Å²) < 4.78 is 135. The second kappa shape index (κ2) is 50.7. The number of fused-ring (bicyclic) bond motifs is 5. The lowest BCUT2D eigenvalue weighted by Crippen LogP contribution is -2.22. The number of hydrogen-bond donors (Lipinski definition) is 6. The Kier molecular flexibility index (Phi) is 38.1. The molecule has 0 aliphatic carbocycles. The normalized spacial score (nSPS) is 12.3. The first kappa shape index (κ1) is 106. The number of methoxy groups -OCH3 is 3. The zero-order valence-electron chi connectivity index (χ0n) is 75.6. The summed E-state index contributed by atoms with van der Waals surface area (Å²) in [4.78, 5) is 90.3. The van der Waals surface area contributed by atoms with Crippen LogP contribution in [0.3, 0.4) is 0 Å². The fourth-order valence-corrected chi connectivity index (χ4v) is 16.3. The first-order valence-corrected chi connectivity index (χ1v) is 46.3. The summed E-state index contributed by atoms with van der Waals surface area (Å²) in [6, 6.07) is 38.5. The average Bonchev–Trinajstić information content (AvgIpc) is 1.23. The van der Waals surface area contributed by atoms with Crippen LogP contribution in [-0.2, 0) is 50.3 Å². The molecule has 34 nitrogen and oxygen atoms in total. The van der Waals surface area contributed by atoms with Crippen molar-refractivity contribution in [2.45, 2.75) is 45.6 Å². The number of benzene rings is 10. The number of anilines is 11. The number of carbonyl (C=O) groups excluding carboxylic acids is 2. The van der Waals surface area contributed by atoms with Gasteiger partial charge in [-0.2, -0.15) is 4.39 Å². The summed E-state index contributed by atoms with van der Waals surface area (Å²) in [6.07, 6.45) is 12.5. The maximum absolute atomic E-state index is 13.6. The first-order chi connectivity index (χ1) is 67.8. The Hall–Kier alpha value is -14.0. The molecular weight excluding hydrogens is 1970 g/mol. The minimum absolute atomic E-state index is 0.00757. The van der Waals surface area contributed by atoms with E-state index in [1.165, 1.54) is 118 Å². The van der Waals surface area contributed by atoms with Crippen LogP contribution in [0, 0.1) is 55.1 Å². The Bertz CT molecular complexity index is 7150. The van der Waals surface area contributed by atoms with E-state index in [4.69, 9.17) is 101 Å². The number of nitrogen functional groups attached to an aromatic ring is 1. The highest BCUT2D eigenvalue weighted by atomic mass is 35.5. The van der Waals surface area contributed by atoms with Gasteiger partial charge < -0.3 is 69.8 Å². The highest BCUT2D eigenvalue weighted by Crippen LogP contribution is 2.48. The van der Waals surface area contributed by atoms with Crippen LogP contribution in [0.5, 0.6) is 17.2 Å². The van der Waals surface area contributed by atoms with Crippen LogP contribution in [0.4, 0.5) is 101 Å². The van der Waals surface area contributed by atoms with Gasteiger partial charge in [-0.3, -0.25) is 39.3 Å². The molecule has 10 aromatic carbocycles. The number of hydrogen-bond acceptors (Lipinski definition) is 32. The molecule has 0 amide bonds. The molecule has 1 saturated heterocycles. The largest absolute Gasteiger partial charge is 0.491 e. The van der Waals surface area contributed by atoms with Crippen molar-refractivity contribution in [2.75, 3.05) is 126 Å². The fourth-order valence-electron chi connectivity index (χ4n) is 13.8. The molecule has 141 heavy (non-hydrogen) atoms. The van der Waals surface area contributed by atoms with Gasteiger partial charge in [-0.25, -0.2) is 71.8 Å². The van der Waals surface area contributed by atoms with Crippen LogP contribution in [0.2, 0.25) is 25.1 Å². The van der Waals surface area contributed by atoms with Gasteiger partial charge in [0.05, 0.1) is 112 Å². The van der Waals surface area contributed by atoms with Crippen LogP contribution < -0.4 is 46.5 Å². The van der Waals surface area contributed by atoms with Crippen LogP contribution >= 0.6 is 65.6 Å². The van der Waals surface area contributed by atoms with E-state index in [-0.39, 0.29) is 110 Å². The number of ketones is 2. The number of Topliss-reactive ketones (excluding diaryl/α,β-unsaturated/α-hetero) is 1. The van der Waals surface area contributed by atoms with Crippen molar-refractivity contribution in [2.24, 2.45) is 0 Å². The van der Waals surface area contributed by atoms with Gasteiger partial charge in [0.15, 0.2) is 11.5 Å². The molecule has 6 heterocycles. The summed E-state index contributed by atoms with van der Waals surface area (Å²) >= 11 is 29.1. The topological polar surface area (TPSA) is 430 Å². The molecular formula is C95H87Cl5F6N19O15P. The van der Waals surface area contributed by atoms with Gasteiger partial charge in [-0.1, -0.05) is 70.1 Å². The third-order valence-corrected chi connectivity index (χ3v) is 24.0. The molecule has 1 aliphatic rings. The van der Waals surface area contributed by atoms with Crippen molar-refractivity contribution in [1.29, 1.82) is 0 Å². The number of aromatic nitrogens is 10. The molecule has 1 fully saturated rings. The summed E-state index contributed by atoms with van der Waals surface area (Å²) in [7, 11) is 3.32. The third kappa shape index (κ3) is 29.3. The van der Waals surface area contributed by atoms with Crippen LogP contribution in [0.25, 0.3) is 54.5 Å². The van der Waals surface area contributed by atoms with E-state index in [0.29, 0.717) is 151 Å². The van der Waals surface area contributed by atoms with E-state index in [2.05, 4.69) is 88.4 Å². The Morgan fingerprint density at radius 2 is 0.809 bits per heavy atom. The van der Waals surface area contributed by atoms with Gasteiger partial charge in [0.25, 0.3) is 0 Å². The molecule has 734 valence electrons. The lowest BCUT2D eigenvalue weighted by atomic mass is 10.0. The van der Waals surface area contributed by atoms with Crippen molar-refractivity contribution in [1.82, 2.24) is 54.7 Å². The molecule has 7 N–H and O–H groups in total. The van der Waals surface area contributed by atoms with Crippen molar-refractivity contribution in [3.8, 4) is 17.2 Å². The SMILES string of the molecule is CCOP(=O)(CC(=O)Cc1ccc2ncnc(Nc3ccc(F)c(Cl)c3)c2c1)OCC.COCCOc1cc2ncnc(Nc3ccc(F)c(Cl)c3)c2cc1CC(=O)/C=C/[C@H]1CCCN1C.COCCOc1cc2ncnc(Nc3ccc(F)c(Cl)c3)c2cc1N.COCCOc1cc2ncnc(Nc3ccc(F)c(Cl)c3)c2cc1[N+](=O)[O-].O=[N+]([O-])c1cc2c(Nc3ccc(F)c(Cl)c3)ncnc2cc1F. The summed E-state index contributed by atoms with van der Waals surface area (Å²) in [5, 5.41) is 40.1. The van der Waals surface area contributed by atoms with Gasteiger partial charge in [0.2, 0.25) is 5.82 Å². The number of rotatable bonds is 36. The standard InChI is InChI=1S/C26H28ClFN4O3.C21H22ClFN3O4P.C17H14ClFN4O4.C17H16ClFN4O2.C14H7ClF2N4O2/c1-32-9-3-4-19(32)6-7-20(33)12-17-13-21-24(15-25(17)35-11-10-34-2)29-16-30-26(21)31-18-5-8-23(28)22(27)14-18;1-3-29-31(28,30-4-2)12-16(27)9-14-5-8-20-17(10-14)21(25-13-24-20)26-15-6-7-19(23)18(22)11-15;1-26-4-5-27-16-8-14-11(7-15(16)23(24)25)17(21-9-20-14)22-10-2-3-13(19)12(18)6-10;1-24-4-5-25-16-8-15-11(7-14(16)20)17(22-9-21-15)23-10-2-3-13(19)12(18)6-10;15-9-3-7(1-2-10(9)16)20-14-8-4-13(21(22)23)11(17)5-12(8)18-6-19-14/h5-8,13-16,19H,3-4,9-12H2,1-2H3,(H,29,30,31);5-8,10-11,13H,3-4,9,12H2,1-2H3,(H,24,25,26);2-3,6-9H,4-5H2,1H3,(H,20,21,22);2-3,6-9H,4-5,20H2,1H3,(H,21,22,23);1-6H,(H,18,19,20)/b7-6+;;;;/t19-;;;;/m1..../s1. The second-order valence-electron chi connectivity index (χ2n) is 30.3. The van der Waals surface area contributed by atoms with E-state index in [9.17, 15) is 60.7 Å². The van der Waals surface area contributed by atoms with Crippen molar-refractivity contribution in [3.05, 3.63) is 293 Å². The van der Waals surface area contributed by atoms with E-state index in [0.717, 1.165) is 43.1 Å².